The number of halogens is 4. The van der Waals surface area contributed by atoms with Crippen molar-refractivity contribution in [3.63, 3.8) is 0 Å². The normalized spacial score (nSPS) is 12.2. The molecule has 0 aliphatic rings. The predicted octanol–water partition coefficient (Wildman–Crippen LogP) is 4.01. The summed E-state index contributed by atoms with van der Waals surface area (Å²) in [6, 6.07) is 14.5. The molecule has 4 nitrogen and oxygen atoms in total. The number of alkyl halides is 3. The Bertz CT molecular complexity index is 861. The zero-order valence-electron chi connectivity index (χ0n) is 16.5. The Morgan fingerprint density at radius 1 is 1.10 bits per heavy atom. The first-order valence-electron chi connectivity index (χ1n) is 9.28. The van der Waals surface area contributed by atoms with Crippen LogP contribution in [0.15, 0.2) is 59.6 Å². The topological polar surface area (TPSA) is 56.7 Å². The summed E-state index contributed by atoms with van der Waals surface area (Å²) in [6.45, 7) is 3.14. The zero-order valence-corrected chi connectivity index (χ0v) is 18.9. The highest BCUT2D eigenvalue weighted by Gasteiger charge is 2.30. The number of nitrogens with zero attached hydrogens (tertiary/aromatic N) is 1. The van der Waals surface area contributed by atoms with Crippen LogP contribution in [-0.4, -0.2) is 37.3 Å². The van der Waals surface area contributed by atoms with Crippen molar-refractivity contribution >= 4 is 29.9 Å². The summed E-state index contributed by atoms with van der Waals surface area (Å²) in [7, 11) is 0. The second-order valence-electron chi connectivity index (χ2n) is 6.24. The maximum atomic E-state index is 12.7. The quantitative estimate of drug-likeness (QED) is 0.229. The number of nitrogens with one attached hydrogen (secondary N) is 2. The van der Waals surface area contributed by atoms with E-state index in [9.17, 15) is 18.3 Å². The summed E-state index contributed by atoms with van der Waals surface area (Å²) < 4.78 is 38.2. The maximum absolute atomic E-state index is 12.7. The van der Waals surface area contributed by atoms with Gasteiger partial charge in [0.2, 0.25) is 0 Å². The predicted molar refractivity (Wildman–Crippen MR) is 124 cm³/mol. The molecule has 0 amide bonds. The molecule has 162 valence electrons. The van der Waals surface area contributed by atoms with Crippen LogP contribution in [0.5, 0.6) is 0 Å². The van der Waals surface area contributed by atoms with E-state index in [2.05, 4.69) is 27.5 Å². The summed E-state index contributed by atoms with van der Waals surface area (Å²) in [5.41, 5.74) is 0.579. The van der Waals surface area contributed by atoms with E-state index in [-0.39, 0.29) is 43.0 Å². The SMILES string of the molecule is CCNC(=NCC(CO)c1ccccc1)NCC#Cc1cccc(C(F)(F)F)c1.I. The van der Waals surface area contributed by atoms with Gasteiger partial charge in [0.1, 0.15) is 0 Å². The lowest BCUT2D eigenvalue weighted by atomic mass is 10.0. The molecule has 0 aliphatic carbocycles. The summed E-state index contributed by atoms with van der Waals surface area (Å²) in [5.74, 6) is 5.93. The van der Waals surface area contributed by atoms with Crippen LogP contribution < -0.4 is 10.6 Å². The van der Waals surface area contributed by atoms with Crippen LogP contribution in [0.2, 0.25) is 0 Å². The third-order valence-corrected chi connectivity index (χ3v) is 4.07. The maximum Gasteiger partial charge on any atom is 0.416 e. The molecule has 30 heavy (non-hydrogen) atoms. The van der Waals surface area contributed by atoms with E-state index in [1.54, 1.807) is 0 Å². The Hall–Kier alpha value is -2.25. The average Bonchev–Trinajstić information content (AvgIpc) is 2.72. The first-order chi connectivity index (χ1) is 13.9. The second-order valence-corrected chi connectivity index (χ2v) is 6.24. The monoisotopic (exact) mass is 531 g/mol. The molecule has 1 atom stereocenters. The molecule has 2 rings (SSSR count). The molecule has 0 radical (unpaired) electrons. The molecule has 1 unspecified atom stereocenters. The fourth-order valence-electron chi connectivity index (χ4n) is 2.58. The fourth-order valence-corrected chi connectivity index (χ4v) is 2.58. The molecular formula is C22H25F3IN3O. The van der Waals surface area contributed by atoms with Gasteiger partial charge in [-0.2, -0.15) is 13.2 Å². The summed E-state index contributed by atoms with van der Waals surface area (Å²) in [6.07, 6.45) is -4.39. The number of aliphatic imine (C=N–C) groups is 1. The molecule has 0 saturated heterocycles. The van der Waals surface area contributed by atoms with Crippen LogP contribution in [0.1, 0.15) is 29.5 Å². The van der Waals surface area contributed by atoms with Crippen molar-refractivity contribution in [3.05, 3.63) is 71.3 Å². The Morgan fingerprint density at radius 2 is 1.83 bits per heavy atom. The lowest BCUT2D eigenvalue weighted by Gasteiger charge is -2.14. The van der Waals surface area contributed by atoms with E-state index < -0.39 is 11.7 Å². The van der Waals surface area contributed by atoms with E-state index in [0.717, 1.165) is 17.7 Å². The Labute approximate surface area is 192 Å². The summed E-state index contributed by atoms with van der Waals surface area (Å²) in [5, 5.41) is 15.7. The van der Waals surface area contributed by atoms with Gasteiger partial charge in [-0.15, -0.1) is 24.0 Å². The van der Waals surface area contributed by atoms with Gasteiger partial charge in [-0.25, -0.2) is 0 Å². The molecule has 0 spiro atoms. The lowest BCUT2D eigenvalue weighted by Crippen LogP contribution is -2.37. The standard InChI is InChI=1S/C22H24F3N3O.HI/c1-2-26-21(28-15-19(16-29)18-10-4-3-5-11-18)27-13-7-9-17-8-6-12-20(14-17)22(23,24)25;/h3-6,8,10-12,14,19,29H,2,13,15-16H2,1H3,(H2,26,27,28);1H. The number of guanidine groups is 1. The molecule has 8 heteroatoms. The van der Waals surface area contributed by atoms with Crippen LogP contribution in [0.25, 0.3) is 0 Å². The van der Waals surface area contributed by atoms with Crippen molar-refractivity contribution in [2.75, 3.05) is 26.2 Å². The Kier molecular flexibility index (Phi) is 11.3. The van der Waals surface area contributed by atoms with E-state index in [4.69, 9.17) is 0 Å². The van der Waals surface area contributed by atoms with Gasteiger partial charge >= 0.3 is 6.18 Å². The summed E-state index contributed by atoms with van der Waals surface area (Å²) in [4.78, 5) is 4.47. The van der Waals surface area contributed by atoms with E-state index in [1.165, 1.54) is 12.1 Å². The van der Waals surface area contributed by atoms with Crippen molar-refractivity contribution < 1.29 is 18.3 Å². The van der Waals surface area contributed by atoms with E-state index in [0.29, 0.717) is 24.6 Å². The zero-order chi connectivity index (χ0) is 21.1. The van der Waals surface area contributed by atoms with Gasteiger partial charge in [-0.3, -0.25) is 4.99 Å². The minimum Gasteiger partial charge on any atom is -0.396 e. The third kappa shape index (κ3) is 8.63. The number of benzene rings is 2. The van der Waals surface area contributed by atoms with Crippen molar-refractivity contribution in [2.45, 2.75) is 19.0 Å². The van der Waals surface area contributed by atoms with Gasteiger partial charge in [0.05, 0.1) is 25.3 Å². The first kappa shape index (κ1) is 25.8. The molecule has 0 fully saturated rings. The molecule has 0 aliphatic heterocycles. The van der Waals surface area contributed by atoms with Crippen molar-refractivity contribution in [2.24, 2.45) is 4.99 Å². The highest BCUT2D eigenvalue weighted by molar-refractivity contribution is 14.0. The van der Waals surface area contributed by atoms with Crippen LogP contribution in [0.4, 0.5) is 13.2 Å². The van der Waals surface area contributed by atoms with E-state index >= 15 is 0 Å². The Balaban J connectivity index is 0.00000450. The largest absolute Gasteiger partial charge is 0.416 e. The highest BCUT2D eigenvalue weighted by atomic mass is 127. The van der Waals surface area contributed by atoms with Crippen LogP contribution in [0.3, 0.4) is 0 Å². The minimum absolute atomic E-state index is 0. The molecule has 3 N–H and O–H groups in total. The fraction of sp³-hybridized carbons (Fsp3) is 0.318. The number of hydrogen-bond acceptors (Lipinski definition) is 2. The van der Waals surface area contributed by atoms with Crippen LogP contribution >= 0.6 is 24.0 Å². The van der Waals surface area contributed by atoms with Gasteiger partial charge < -0.3 is 15.7 Å². The molecule has 2 aromatic rings. The van der Waals surface area contributed by atoms with Gasteiger partial charge in [-0.05, 0) is 30.7 Å². The molecule has 0 heterocycles. The minimum atomic E-state index is -4.39. The van der Waals surface area contributed by atoms with E-state index in [1.807, 2.05) is 37.3 Å². The van der Waals surface area contributed by atoms with Crippen LogP contribution in [0, 0.1) is 11.8 Å². The number of hydrogen-bond donors (Lipinski definition) is 3. The van der Waals surface area contributed by atoms with Crippen molar-refractivity contribution in [1.82, 2.24) is 10.6 Å². The summed E-state index contributed by atoms with van der Waals surface area (Å²) >= 11 is 0. The molecule has 0 aromatic heterocycles. The molecule has 0 bridgehead atoms. The Morgan fingerprint density at radius 3 is 2.47 bits per heavy atom. The smallest absolute Gasteiger partial charge is 0.396 e. The molecule has 2 aromatic carbocycles. The van der Waals surface area contributed by atoms with Crippen LogP contribution in [-0.2, 0) is 6.18 Å². The third-order valence-electron chi connectivity index (χ3n) is 4.07. The number of aliphatic hydroxyl groups excluding tert-OH is 1. The van der Waals surface area contributed by atoms with Gasteiger partial charge in [0.15, 0.2) is 5.96 Å². The first-order valence-corrected chi connectivity index (χ1v) is 9.28. The molecule has 0 saturated carbocycles. The van der Waals surface area contributed by atoms with Crippen molar-refractivity contribution in [3.8, 4) is 11.8 Å². The number of aliphatic hydroxyl groups is 1. The average molecular weight is 531 g/mol. The molecular weight excluding hydrogens is 506 g/mol. The second kappa shape index (κ2) is 13.1. The number of rotatable bonds is 6. The highest BCUT2D eigenvalue weighted by Crippen LogP contribution is 2.29. The lowest BCUT2D eigenvalue weighted by molar-refractivity contribution is -0.137. The van der Waals surface area contributed by atoms with Gasteiger partial charge in [-0.1, -0.05) is 48.2 Å². The van der Waals surface area contributed by atoms with Gasteiger partial charge in [0.25, 0.3) is 0 Å². The van der Waals surface area contributed by atoms with Gasteiger partial charge in [0, 0.05) is 18.0 Å². The van der Waals surface area contributed by atoms with Crippen molar-refractivity contribution in [1.29, 1.82) is 0 Å².